The van der Waals surface area contributed by atoms with E-state index in [1.807, 2.05) is 30.3 Å². The number of benzene rings is 1. The molecule has 9 nitrogen and oxygen atoms in total. The Morgan fingerprint density at radius 1 is 1.08 bits per heavy atom. The number of carbonyl (C=O) groups excluding carboxylic acids is 1. The lowest BCUT2D eigenvalue weighted by Gasteiger charge is -2.36. The molecule has 1 saturated carbocycles. The zero-order valence-corrected chi connectivity index (χ0v) is 21.0. The van der Waals surface area contributed by atoms with Gasteiger partial charge in [0.05, 0.1) is 33.6 Å². The van der Waals surface area contributed by atoms with Gasteiger partial charge in [0.15, 0.2) is 11.5 Å². The summed E-state index contributed by atoms with van der Waals surface area (Å²) < 4.78 is 21.8. The molecule has 192 valence electrons. The Labute approximate surface area is 211 Å². The highest BCUT2D eigenvalue weighted by Crippen LogP contribution is 2.32. The average molecular weight is 495 g/mol. The van der Waals surface area contributed by atoms with E-state index in [1.165, 1.54) is 12.8 Å². The molecule has 36 heavy (non-hydrogen) atoms. The van der Waals surface area contributed by atoms with E-state index in [1.54, 1.807) is 20.5 Å². The van der Waals surface area contributed by atoms with Crippen molar-refractivity contribution in [3.05, 3.63) is 48.2 Å². The van der Waals surface area contributed by atoms with Gasteiger partial charge in [-0.25, -0.2) is 0 Å². The number of hydrogen-bond acceptors (Lipinski definition) is 8. The van der Waals surface area contributed by atoms with Crippen LogP contribution in [-0.2, 0) is 17.9 Å². The highest BCUT2D eigenvalue weighted by Gasteiger charge is 2.34. The standard InChI is InChI=1S/C27H34N4O5/c1-33-23-10-9-20(16-24(23)34-2)26-28-25(36-29-26)18-30-13-11-19(12-14-30)27(32)31(21-6-3-4-7-21)17-22-8-5-15-35-22/h5,8-10,15-16,19,21H,3-4,6-7,11-14,17-18H2,1-2H3. The quantitative estimate of drug-likeness (QED) is 0.428. The number of rotatable bonds is 9. The monoisotopic (exact) mass is 494 g/mol. The van der Waals surface area contributed by atoms with Gasteiger partial charge in [-0.1, -0.05) is 18.0 Å². The summed E-state index contributed by atoms with van der Waals surface area (Å²) in [5.41, 5.74) is 0.801. The molecular formula is C27H34N4O5. The molecule has 2 aliphatic rings. The number of furan rings is 1. The van der Waals surface area contributed by atoms with Crippen molar-refractivity contribution >= 4 is 5.91 Å². The van der Waals surface area contributed by atoms with Gasteiger partial charge in [0, 0.05) is 17.5 Å². The number of aromatic nitrogens is 2. The van der Waals surface area contributed by atoms with Gasteiger partial charge < -0.3 is 23.3 Å². The third-order valence-electron chi connectivity index (χ3n) is 7.36. The fraction of sp³-hybridized carbons (Fsp3) is 0.519. The molecule has 1 aliphatic carbocycles. The first-order chi connectivity index (χ1) is 17.6. The van der Waals surface area contributed by atoms with Crippen molar-refractivity contribution in [2.45, 2.75) is 57.7 Å². The third-order valence-corrected chi connectivity index (χ3v) is 7.36. The van der Waals surface area contributed by atoms with Crippen LogP contribution in [0, 0.1) is 5.92 Å². The fourth-order valence-electron chi connectivity index (χ4n) is 5.35. The van der Waals surface area contributed by atoms with Crippen molar-refractivity contribution in [1.29, 1.82) is 0 Å². The van der Waals surface area contributed by atoms with E-state index < -0.39 is 0 Å². The predicted octanol–water partition coefficient (Wildman–Crippen LogP) is 4.53. The Morgan fingerprint density at radius 2 is 1.86 bits per heavy atom. The minimum atomic E-state index is 0.0434. The van der Waals surface area contributed by atoms with Crippen molar-refractivity contribution in [1.82, 2.24) is 19.9 Å². The van der Waals surface area contributed by atoms with Crippen LogP contribution in [0.25, 0.3) is 11.4 Å². The van der Waals surface area contributed by atoms with Crippen LogP contribution in [-0.4, -0.2) is 59.2 Å². The molecule has 0 N–H and O–H groups in total. The zero-order chi connectivity index (χ0) is 24.9. The van der Waals surface area contributed by atoms with E-state index >= 15 is 0 Å². The number of likely N-dealkylation sites (tertiary alicyclic amines) is 1. The summed E-state index contributed by atoms with van der Waals surface area (Å²) in [6.45, 7) is 2.78. The normalized spacial score (nSPS) is 17.4. The van der Waals surface area contributed by atoms with Gasteiger partial charge in [-0.15, -0.1) is 0 Å². The molecule has 2 fully saturated rings. The van der Waals surface area contributed by atoms with E-state index in [9.17, 15) is 4.79 Å². The number of piperidine rings is 1. The van der Waals surface area contributed by atoms with Gasteiger partial charge in [0.25, 0.3) is 0 Å². The van der Waals surface area contributed by atoms with Crippen LogP contribution in [0.5, 0.6) is 11.5 Å². The van der Waals surface area contributed by atoms with Crippen molar-refractivity contribution < 1.29 is 23.2 Å². The number of hydrogen-bond donors (Lipinski definition) is 0. The number of carbonyl (C=O) groups is 1. The maximum absolute atomic E-state index is 13.5. The summed E-state index contributed by atoms with van der Waals surface area (Å²) in [5.74, 6) is 3.52. The van der Waals surface area contributed by atoms with Gasteiger partial charge >= 0.3 is 0 Å². The topological polar surface area (TPSA) is 94.1 Å². The molecule has 1 aromatic carbocycles. The summed E-state index contributed by atoms with van der Waals surface area (Å²) in [6.07, 6.45) is 7.91. The molecular weight excluding hydrogens is 460 g/mol. The van der Waals surface area contributed by atoms with Gasteiger partial charge in [0.1, 0.15) is 5.76 Å². The van der Waals surface area contributed by atoms with E-state index in [-0.39, 0.29) is 11.8 Å². The molecule has 0 unspecified atom stereocenters. The maximum Gasteiger partial charge on any atom is 0.241 e. The van der Waals surface area contributed by atoms with Gasteiger partial charge in [-0.2, -0.15) is 4.98 Å². The second-order valence-electron chi connectivity index (χ2n) is 9.62. The van der Waals surface area contributed by atoms with E-state index in [4.69, 9.17) is 18.4 Å². The first-order valence-corrected chi connectivity index (χ1v) is 12.7. The van der Waals surface area contributed by atoms with Crippen LogP contribution >= 0.6 is 0 Å². The van der Waals surface area contributed by atoms with Crippen LogP contribution in [0.2, 0.25) is 0 Å². The SMILES string of the molecule is COc1ccc(-c2noc(CN3CCC(C(=O)N(Cc4ccco4)C4CCCC4)CC3)n2)cc1OC. The molecule has 1 aliphatic heterocycles. The molecule has 2 aromatic heterocycles. The first-order valence-electron chi connectivity index (χ1n) is 12.7. The lowest BCUT2D eigenvalue weighted by molar-refractivity contribution is -0.140. The summed E-state index contributed by atoms with van der Waals surface area (Å²) in [4.78, 5) is 22.5. The zero-order valence-electron chi connectivity index (χ0n) is 21.0. The molecule has 3 heterocycles. The van der Waals surface area contributed by atoms with Crippen LogP contribution in [0.1, 0.15) is 50.2 Å². The van der Waals surface area contributed by atoms with Crippen LogP contribution < -0.4 is 9.47 Å². The minimum absolute atomic E-state index is 0.0434. The lowest BCUT2D eigenvalue weighted by atomic mass is 9.94. The highest BCUT2D eigenvalue weighted by molar-refractivity contribution is 5.79. The second-order valence-corrected chi connectivity index (χ2v) is 9.62. The molecule has 9 heteroatoms. The first kappa shape index (κ1) is 24.4. The largest absolute Gasteiger partial charge is 0.493 e. The molecule has 0 radical (unpaired) electrons. The lowest BCUT2D eigenvalue weighted by Crippen LogP contribution is -2.45. The molecule has 0 spiro atoms. The third kappa shape index (κ3) is 5.41. The van der Waals surface area contributed by atoms with Crippen molar-refractivity contribution in [2.75, 3.05) is 27.3 Å². The Bertz CT molecular complexity index is 1130. The number of amides is 1. The van der Waals surface area contributed by atoms with Gasteiger partial charge in [-0.3, -0.25) is 9.69 Å². The molecule has 0 atom stereocenters. The molecule has 3 aromatic rings. The van der Waals surface area contributed by atoms with Crippen molar-refractivity contribution in [3.8, 4) is 22.9 Å². The smallest absolute Gasteiger partial charge is 0.241 e. The fourth-order valence-corrected chi connectivity index (χ4v) is 5.35. The summed E-state index contributed by atoms with van der Waals surface area (Å²) >= 11 is 0. The van der Waals surface area contributed by atoms with Crippen molar-refractivity contribution in [3.63, 3.8) is 0 Å². The minimum Gasteiger partial charge on any atom is -0.493 e. The van der Waals surface area contributed by atoms with Crippen LogP contribution in [0.4, 0.5) is 0 Å². The Morgan fingerprint density at radius 3 is 2.56 bits per heavy atom. The van der Waals surface area contributed by atoms with E-state index in [0.29, 0.717) is 42.3 Å². The Hall–Kier alpha value is -3.33. The summed E-state index contributed by atoms with van der Waals surface area (Å²) in [6, 6.07) is 9.72. The number of nitrogens with zero attached hydrogens (tertiary/aromatic N) is 4. The highest BCUT2D eigenvalue weighted by atomic mass is 16.5. The Kier molecular flexibility index (Phi) is 7.55. The maximum atomic E-state index is 13.5. The van der Waals surface area contributed by atoms with E-state index in [0.717, 1.165) is 50.1 Å². The predicted molar refractivity (Wildman–Crippen MR) is 132 cm³/mol. The average Bonchev–Trinajstić information content (AvgIpc) is 3.70. The molecule has 1 saturated heterocycles. The molecule has 0 bridgehead atoms. The molecule has 1 amide bonds. The second kappa shape index (κ2) is 11.2. The van der Waals surface area contributed by atoms with Crippen molar-refractivity contribution in [2.24, 2.45) is 5.92 Å². The Balaban J connectivity index is 1.18. The van der Waals surface area contributed by atoms with Crippen LogP contribution in [0.15, 0.2) is 45.5 Å². The number of ether oxygens (including phenoxy) is 2. The van der Waals surface area contributed by atoms with Gasteiger partial charge in [-0.05, 0) is 69.1 Å². The van der Waals surface area contributed by atoms with Crippen LogP contribution in [0.3, 0.4) is 0 Å². The van der Waals surface area contributed by atoms with E-state index in [2.05, 4.69) is 19.9 Å². The summed E-state index contributed by atoms with van der Waals surface area (Å²) in [5, 5.41) is 4.15. The molecule has 5 rings (SSSR count). The summed E-state index contributed by atoms with van der Waals surface area (Å²) in [7, 11) is 3.20. The van der Waals surface area contributed by atoms with Gasteiger partial charge in [0.2, 0.25) is 17.6 Å². The number of methoxy groups -OCH3 is 2.